The van der Waals surface area contributed by atoms with Crippen molar-refractivity contribution in [1.82, 2.24) is 10.6 Å². The minimum absolute atomic E-state index is 0.0873. The van der Waals surface area contributed by atoms with E-state index in [9.17, 15) is 14.4 Å². The van der Waals surface area contributed by atoms with Crippen LogP contribution in [0.2, 0.25) is 0 Å². The summed E-state index contributed by atoms with van der Waals surface area (Å²) in [6.45, 7) is 0. The van der Waals surface area contributed by atoms with Crippen LogP contribution in [0.15, 0.2) is 60.7 Å². The smallest absolute Gasteiger partial charge is 0.249 e. The van der Waals surface area contributed by atoms with Gasteiger partial charge in [0.1, 0.15) is 6.04 Å². The zero-order chi connectivity index (χ0) is 17.6. The van der Waals surface area contributed by atoms with Crippen LogP contribution in [-0.4, -0.2) is 23.8 Å². The summed E-state index contributed by atoms with van der Waals surface area (Å²) in [5, 5.41) is 5.01. The van der Waals surface area contributed by atoms with Crippen LogP contribution >= 0.6 is 0 Å². The molecule has 1 aliphatic heterocycles. The van der Waals surface area contributed by atoms with E-state index in [2.05, 4.69) is 10.6 Å². The van der Waals surface area contributed by atoms with E-state index in [4.69, 9.17) is 0 Å². The van der Waals surface area contributed by atoms with Crippen LogP contribution in [0.25, 0.3) is 0 Å². The van der Waals surface area contributed by atoms with Gasteiger partial charge in [0.2, 0.25) is 17.7 Å². The summed E-state index contributed by atoms with van der Waals surface area (Å²) >= 11 is 0. The Labute approximate surface area is 146 Å². The van der Waals surface area contributed by atoms with Gasteiger partial charge in [-0.15, -0.1) is 0 Å². The molecule has 2 aromatic carbocycles. The van der Waals surface area contributed by atoms with Crippen molar-refractivity contribution in [2.45, 2.75) is 31.2 Å². The van der Waals surface area contributed by atoms with Crippen LogP contribution in [0.5, 0.6) is 0 Å². The molecular formula is C20H20N2O3. The molecule has 0 aromatic heterocycles. The number of amides is 3. The van der Waals surface area contributed by atoms with Gasteiger partial charge in [0.15, 0.2) is 0 Å². The highest BCUT2D eigenvalue weighted by Crippen LogP contribution is 2.27. The summed E-state index contributed by atoms with van der Waals surface area (Å²) in [5.41, 5.74) is 2.10. The van der Waals surface area contributed by atoms with E-state index in [1.165, 1.54) is 0 Å². The molecule has 3 rings (SSSR count). The summed E-state index contributed by atoms with van der Waals surface area (Å²) in [6, 6.07) is 19.0. The summed E-state index contributed by atoms with van der Waals surface area (Å²) < 4.78 is 0. The normalized spacial score (nSPS) is 17.2. The molecule has 3 amide bonds. The highest BCUT2D eigenvalue weighted by molar-refractivity contribution is 6.01. The lowest BCUT2D eigenvalue weighted by Crippen LogP contribution is -2.52. The Balaban J connectivity index is 1.73. The van der Waals surface area contributed by atoms with E-state index in [1.54, 1.807) is 0 Å². The molecule has 1 unspecified atom stereocenters. The number of hydrogen-bond donors (Lipinski definition) is 2. The van der Waals surface area contributed by atoms with Gasteiger partial charge in [-0.2, -0.15) is 0 Å². The quantitative estimate of drug-likeness (QED) is 0.822. The summed E-state index contributed by atoms with van der Waals surface area (Å²) in [4.78, 5) is 35.5. The first kappa shape index (κ1) is 16.9. The van der Waals surface area contributed by atoms with Crippen molar-refractivity contribution in [1.29, 1.82) is 0 Å². The predicted molar refractivity (Wildman–Crippen MR) is 93.7 cm³/mol. The number of carbonyl (C=O) groups is 3. The minimum Gasteiger partial charge on any atom is -0.344 e. The fourth-order valence-corrected chi connectivity index (χ4v) is 3.07. The average Bonchev–Trinajstić information content (AvgIpc) is 2.63. The van der Waals surface area contributed by atoms with Gasteiger partial charge in [0.05, 0.1) is 0 Å². The zero-order valence-electron chi connectivity index (χ0n) is 13.8. The SMILES string of the molecule is O=C1CCC(NC(=O)CC(c2ccccc2)c2ccccc2)C(=O)N1. The van der Waals surface area contributed by atoms with E-state index >= 15 is 0 Å². The molecular weight excluding hydrogens is 316 g/mol. The van der Waals surface area contributed by atoms with Crippen molar-refractivity contribution in [3.8, 4) is 0 Å². The van der Waals surface area contributed by atoms with Crippen LogP contribution < -0.4 is 10.6 Å². The van der Waals surface area contributed by atoms with Gasteiger partial charge in [-0.25, -0.2) is 0 Å². The van der Waals surface area contributed by atoms with Gasteiger partial charge < -0.3 is 5.32 Å². The number of nitrogens with one attached hydrogen (secondary N) is 2. The molecule has 0 aliphatic carbocycles. The van der Waals surface area contributed by atoms with Crippen LogP contribution in [0.4, 0.5) is 0 Å². The van der Waals surface area contributed by atoms with Crippen LogP contribution in [0, 0.1) is 0 Å². The van der Waals surface area contributed by atoms with Gasteiger partial charge in [-0.05, 0) is 17.5 Å². The number of piperidine rings is 1. The van der Waals surface area contributed by atoms with Crippen LogP contribution in [0.1, 0.15) is 36.3 Å². The third kappa shape index (κ3) is 4.32. The molecule has 1 heterocycles. The van der Waals surface area contributed by atoms with Crippen LogP contribution in [0.3, 0.4) is 0 Å². The first-order valence-electron chi connectivity index (χ1n) is 8.36. The maximum Gasteiger partial charge on any atom is 0.249 e. The lowest BCUT2D eigenvalue weighted by Gasteiger charge is -2.23. The standard InChI is InChI=1S/C20H20N2O3/c23-18-12-11-17(20(25)22-18)21-19(24)13-16(14-7-3-1-4-8-14)15-9-5-2-6-10-15/h1-10,16-17H,11-13H2,(H,21,24)(H,22,23,25). The fourth-order valence-electron chi connectivity index (χ4n) is 3.07. The van der Waals surface area contributed by atoms with E-state index in [1.807, 2.05) is 60.7 Å². The molecule has 1 fully saturated rings. The van der Waals surface area contributed by atoms with Gasteiger partial charge in [0.25, 0.3) is 0 Å². The highest BCUT2D eigenvalue weighted by Gasteiger charge is 2.28. The Morgan fingerprint density at radius 1 is 1.00 bits per heavy atom. The van der Waals surface area contributed by atoms with Crippen LogP contribution in [-0.2, 0) is 14.4 Å². The van der Waals surface area contributed by atoms with Gasteiger partial charge in [0, 0.05) is 18.8 Å². The van der Waals surface area contributed by atoms with Crippen molar-refractivity contribution >= 4 is 17.7 Å². The maximum absolute atomic E-state index is 12.5. The second-order valence-electron chi connectivity index (χ2n) is 6.15. The molecule has 5 nitrogen and oxygen atoms in total. The largest absolute Gasteiger partial charge is 0.344 e. The lowest BCUT2D eigenvalue weighted by atomic mass is 9.88. The molecule has 2 aromatic rings. The highest BCUT2D eigenvalue weighted by atomic mass is 16.2. The first-order chi connectivity index (χ1) is 12.1. The van der Waals surface area contributed by atoms with E-state index < -0.39 is 11.9 Å². The molecule has 25 heavy (non-hydrogen) atoms. The average molecular weight is 336 g/mol. The Morgan fingerprint density at radius 2 is 1.56 bits per heavy atom. The Bertz CT molecular complexity index is 720. The number of imide groups is 1. The molecule has 2 N–H and O–H groups in total. The summed E-state index contributed by atoms with van der Waals surface area (Å²) in [5.74, 6) is -1.01. The molecule has 0 radical (unpaired) electrons. The third-order valence-electron chi connectivity index (χ3n) is 4.37. The maximum atomic E-state index is 12.5. The van der Waals surface area contributed by atoms with E-state index in [0.717, 1.165) is 11.1 Å². The van der Waals surface area contributed by atoms with Gasteiger partial charge in [-0.1, -0.05) is 60.7 Å². The lowest BCUT2D eigenvalue weighted by molar-refractivity contribution is -0.137. The summed E-state index contributed by atoms with van der Waals surface area (Å²) in [7, 11) is 0. The number of carbonyl (C=O) groups excluding carboxylic acids is 3. The molecule has 0 saturated carbocycles. The van der Waals surface area contributed by atoms with E-state index in [0.29, 0.717) is 6.42 Å². The molecule has 0 bridgehead atoms. The molecule has 1 aliphatic rings. The van der Waals surface area contributed by atoms with Gasteiger partial charge >= 0.3 is 0 Å². The zero-order valence-corrected chi connectivity index (χ0v) is 13.8. The number of benzene rings is 2. The minimum atomic E-state index is -0.641. The second kappa shape index (κ2) is 7.75. The van der Waals surface area contributed by atoms with E-state index in [-0.39, 0.29) is 30.6 Å². The van der Waals surface area contributed by atoms with Crippen molar-refractivity contribution in [3.63, 3.8) is 0 Å². The first-order valence-corrected chi connectivity index (χ1v) is 8.36. The fraction of sp³-hybridized carbons (Fsp3) is 0.250. The number of hydrogen-bond acceptors (Lipinski definition) is 3. The molecule has 5 heteroatoms. The second-order valence-corrected chi connectivity index (χ2v) is 6.15. The third-order valence-corrected chi connectivity index (χ3v) is 4.37. The Hall–Kier alpha value is -2.95. The monoisotopic (exact) mass is 336 g/mol. The molecule has 1 atom stereocenters. The predicted octanol–water partition coefficient (Wildman–Crippen LogP) is 2.13. The van der Waals surface area contributed by atoms with Crippen molar-refractivity contribution in [2.24, 2.45) is 0 Å². The van der Waals surface area contributed by atoms with Crippen molar-refractivity contribution in [2.75, 3.05) is 0 Å². The molecule has 0 spiro atoms. The number of rotatable bonds is 5. The Kier molecular flexibility index (Phi) is 5.23. The Morgan fingerprint density at radius 3 is 2.08 bits per heavy atom. The van der Waals surface area contributed by atoms with Gasteiger partial charge in [-0.3, -0.25) is 19.7 Å². The molecule has 1 saturated heterocycles. The summed E-state index contributed by atoms with van der Waals surface area (Å²) in [6.07, 6.45) is 0.834. The van der Waals surface area contributed by atoms with Crippen molar-refractivity contribution in [3.05, 3.63) is 71.8 Å². The molecule has 128 valence electrons. The topological polar surface area (TPSA) is 75.3 Å². The van der Waals surface area contributed by atoms with Crippen molar-refractivity contribution < 1.29 is 14.4 Å².